The average Bonchev–Trinajstić information content (AvgIpc) is 2.90. The van der Waals surface area contributed by atoms with Crippen molar-refractivity contribution in [1.82, 2.24) is 4.90 Å². The number of hydrogen-bond acceptors (Lipinski definition) is 2. The fourth-order valence-electron chi connectivity index (χ4n) is 2.86. The Bertz CT molecular complexity index is 291. The van der Waals surface area contributed by atoms with Gasteiger partial charge in [0.05, 0.1) is 0 Å². The van der Waals surface area contributed by atoms with E-state index in [1.54, 1.807) is 0 Å². The van der Waals surface area contributed by atoms with Crippen LogP contribution in [0.4, 0.5) is 0 Å². The highest BCUT2D eigenvalue weighted by atomic mass is 32.2. The van der Waals surface area contributed by atoms with Crippen LogP contribution in [0.15, 0.2) is 12.2 Å². The molecule has 1 saturated heterocycles. The molecule has 1 aliphatic heterocycles. The third-order valence-corrected chi connectivity index (χ3v) is 5.42. The first-order chi connectivity index (χ1) is 8.75. The molecule has 0 aromatic carbocycles. The van der Waals surface area contributed by atoms with Crippen molar-refractivity contribution in [2.75, 3.05) is 19.3 Å². The normalized spacial score (nSPS) is 25.7. The molecule has 2 nitrogen and oxygen atoms in total. The van der Waals surface area contributed by atoms with Gasteiger partial charge in [0.25, 0.3) is 0 Å². The second-order valence-corrected chi connectivity index (χ2v) is 7.02. The predicted octanol–water partition coefficient (Wildman–Crippen LogP) is 3.48. The van der Waals surface area contributed by atoms with Crippen LogP contribution in [0, 0.1) is 5.92 Å². The quantitative estimate of drug-likeness (QED) is 0.727. The Hall–Kier alpha value is -0.440. The predicted molar refractivity (Wildman–Crippen MR) is 78.8 cm³/mol. The third-order valence-electron chi connectivity index (χ3n) is 4.04. The molecule has 1 amide bonds. The standard InChI is InChI=1S/C15H25NOS/c1-16(12-14-8-5-11-18-14)15(17)10-9-13-6-3-2-4-7-13/h9-10,13-14H,2-8,11-12H2,1H3/b10-9+. The van der Waals surface area contributed by atoms with Crippen molar-refractivity contribution in [3.8, 4) is 0 Å². The Labute approximate surface area is 115 Å². The molecule has 0 N–H and O–H groups in total. The Morgan fingerprint density at radius 3 is 2.67 bits per heavy atom. The molecule has 3 heteroatoms. The van der Waals surface area contributed by atoms with Crippen molar-refractivity contribution in [3.05, 3.63) is 12.2 Å². The van der Waals surface area contributed by atoms with E-state index < -0.39 is 0 Å². The van der Waals surface area contributed by atoms with E-state index >= 15 is 0 Å². The maximum atomic E-state index is 12.0. The number of likely N-dealkylation sites (N-methyl/N-ethyl adjacent to an activating group) is 1. The first-order valence-corrected chi connectivity index (χ1v) is 8.35. The molecule has 0 bridgehead atoms. The van der Waals surface area contributed by atoms with Crippen LogP contribution in [0.3, 0.4) is 0 Å². The molecule has 2 aliphatic rings. The number of amides is 1. The van der Waals surface area contributed by atoms with E-state index in [4.69, 9.17) is 0 Å². The Morgan fingerprint density at radius 2 is 2.00 bits per heavy atom. The maximum Gasteiger partial charge on any atom is 0.246 e. The van der Waals surface area contributed by atoms with Crippen LogP contribution in [0.1, 0.15) is 44.9 Å². The minimum Gasteiger partial charge on any atom is -0.341 e. The Morgan fingerprint density at radius 1 is 1.22 bits per heavy atom. The van der Waals surface area contributed by atoms with Gasteiger partial charge in [0.1, 0.15) is 0 Å². The van der Waals surface area contributed by atoms with Crippen molar-refractivity contribution in [2.45, 2.75) is 50.2 Å². The molecular formula is C15H25NOS. The second-order valence-electron chi connectivity index (χ2n) is 5.61. The average molecular weight is 267 g/mol. The van der Waals surface area contributed by atoms with Gasteiger partial charge in [-0.05, 0) is 43.4 Å². The van der Waals surface area contributed by atoms with Crippen molar-refractivity contribution >= 4 is 17.7 Å². The third kappa shape index (κ3) is 4.34. The lowest BCUT2D eigenvalue weighted by atomic mass is 9.89. The summed E-state index contributed by atoms with van der Waals surface area (Å²) in [6.45, 7) is 0.915. The number of carbonyl (C=O) groups is 1. The highest BCUT2D eigenvalue weighted by Crippen LogP contribution is 2.27. The summed E-state index contributed by atoms with van der Waals surface area (Å²) in [5, 5.41) is 0.669. The molecule has 1 atom stereocenters. The topological polar surface area (TPSA) is 20.3 Å². The van der Waals surface area contributed by atoms with Crippen molar-refractivity contribution < 1.29 is 4.79 Å². The monoisotopic (exact) mass is 267 g/mol. The molecule has 18 heavy (non-hydrogen) atoms. The van der Waals surface area contributed by atoms with E-state index in [0.717, 1.165) is 6.54 Å². The smallest absolute Gasteiger partial charge is 0.246 e. The summed E-state index contributed by atoms with van der Waals surface area (Å²) in [4.78, 5) is 13.9. The highest BCUT2D eigenvalue weighted by Gasteiger charge is 2.19. The van der Waals surface area contributed by atoms with Crippen LogP contribution >= 0.6 is 11.8 Å². The zero-order chi connectivity index (χ0) is 12.8. The van der Waals surface area contributed by atoms with Gasteiger partial charge in [-0.25, -0.2) is 0 Å². The van der Waals surface area contributed by atoms with Gasteiger partial charge in [-0.1, -0.05) is 25.3 Å². The lowest BCUT2D eigenvalue weighted by Crippen LogP contribution is -2.31. The molecule has 0 aromatic rings. The summed E-state index contributed by atoms with van der Waals surface area (Å²) in [5.74, 6) is 2.11. The molecule has 1 aliphatic carbocycles. The highest BCUT2D eigenvalue weighted by molar-refractivity contribution is 8.00. The summed E-state index contributed by atoms with van der Waals surface area (Å²) < 4.78 is 0. The van der Waals surface area contributed by atoms with Gasteiger partial charge in [0.15, 0.2) is 0 Å². The zero-order valence-corrected chi connectivity index (χ0v) is 12.3. The molecule has 1 heterocycles. The lowest BCUT2D eigenvalue weighted by molar-refractivity contribution is -0.124. The molecule has 0 spiro atoms. The largest absolute Gasteiger partial charge is 0.341 e. The number of thioether (sulfide) groups is 1. The van der Waals surface area contributed by atoms with Gasteiger partial charge in [0, 0.05) is 18.8 Å². The van der Waals surface area contributed by atoms with Gasteiger partial charge in [0.2, 0.25) is 5.91 Å². The van der Waals surface area contributed by atoms with E-state index in [2.05, 4.69) is 6.08 Å². The van der Waals surface area contributed by atoms with Gasteiger partial charge in [-0.3, -0.25) is 4.79 Å². The van der Waals surface area contributed by atoms with Crippen LogP contribution in [-0.2, 0) is 4.79 Å². The number of carbonyl (C=O) groups excluding carboxylic acids is 1. The van der Waals surface area contributed by atoms with Crippen LogP contribution < -0.4 is 0 Å². The summed E-state index contributed by atoms with van der Waals surface area (Å²) in [5.41, 5.74) is 0. The maximum absolute atomic E-state index is 12.0. The SMILES string of the molecule is CN(CC1CCCS1)C(=O)/C=C/C1CCCCC1. The van der Waals surface area contributed by atoms with E-state index in [9.17, 15) is 4.79 Å². The minimum atomic E-state index is 0.188. The van der Waals surface area contributed by atoms with Gasteiger partial charge in [-0.15, -0.1) is 0 Å². The van der Waals surface area contributed by atoms with Gasteiger partial charge >= 0.3 is 0 Å². The molecule has 2 rings (SSSR count). The molecule has 1 unspecified atom stereocenters. The Balaban J connectivity index is 1.73. The van der Waals surface area contributed by atoms with Crippen molar-refractivity contribution in [3.63, 3.8) is 0 Å². The first kappa shape index (κ1) is 14.0. The summed E-state index contributed by atoms with van der Waals surface area (Å²) in [7, 11) is 1.94. The minimum absolute atomic E-state index is 0.188. The number of hydrogen-bond donors (Lipinski definition) is 0. The van der Waals surface area contributed by atoms with E-state index in [1.165, 1.54) is 50.7 Å². The number of nitrogens with zero attached hydrogens (tertiary/aromatic N) is 1. The molecule has 2 fully saturated rings. The van der Waals surface area contributed by atoms with E-state index in [0.29, 0.717) is 11.2 Å². The second kappa shape index (κ2) is 7.22. The van der Waals surface area contributed by atoms with Crippen LogP contribution in [-0.4, -0.2) is 35.4 Å². The first-order valence-electron chi connectivity index (χ1n) is 7.30. The van der Waals surface area contributed by atoms with Crippen LogP contribution in [0.2, 0.25) is 0 Å². The zero-order valence-electron chi connectivity index (χ0n) is 11.4. The van der Waals surface area contributed by atoms with Crippen molar-refractivity contribution in [1.29, 1.82) is 0 Å². The van der Waals surface area contributed by atoms with Crippen LogP contribution in [0.25, 0.3) is 0 Å². The molecule has 1 saturated carbocycles. The van der Waals surface area contributed by atoms with Crippen molar-refractivity contribution in [2.24, 2.45) is 5.92 Å². The van der Waals surface area contributed by atoms with Gasteiger partial charge in [-0.2, -0.15) is 11.8 Å². The van der Waals surface area contributed by atoms with E-state index in [-0.39, 0.29) is 5.91 Å². The lowest BCUT2D eigenvalue weighted by Gasteiger charge is -2.20. The fraction of sp³-hybridized carbons (Fsp3) is 0.800. The fourth-order valence-corrected chi connectivity index (χ4v) is 4.19. The van der Waals surface area contributed by atoms with Gasteiger partial charge < -0.3 is 4.90 Å². The van der Waals surface area contributed by atoms with E-state index in [1.807, 2.05) is 29.8 Å². The van der Waals surface area contributed by atoms with Crippen LogP contribution in [0.5, 0.6) is 0 Å². The summed E-state index contributed by atoms with van der Waals surface area (Å²) in [6.07, 6.45) is 13.1. The molecule has 0 radical (unpaired) electrons. The molecule has 0 aromatic heterocycles. The number of rotatable bonds is 4. The number of allylic oxidation sites excluding steroid dienone is 1. The molecular weight excluding hydrogens is 242 g/mol. The molecule has 102 valence electrons. The summed E-state index contributed by atoms with van der Waals surface area (Å²) in [6, 6.07) is 0. The Kier molecular flexibility index (Phi) is 5.61. The summed E-state index contributed by atoms with van der Waals surface area (Å²) >= 11 is 2.02.